The normalized spacial score (nSPS) is 32.8. The zero-order chi connectivity index (χ0) is 81.1. The summed E-state index contributed by atoms with van der Waals surface area (Å²) in [5.74, 6) is -4.97. The number of carbonyl (C=O) groups excluding carboxylic acids is 7. The minimum Gasteiger partial charge on any atom is -0.481 e. The lowest BCUT2D eigenvalue weighted by Crippen LogP contribution is -2.65. The number of carboxylic acid groups (broad SMARTS) is 1. The Hall–Kier alpha value is -5.40. The van der Waals surface area contributed by atoms with Gasteiger partial charge in [0.25, 0.3) is 0 Å². The lowest BCUT2D eigenvalue weighted by atomic mass is 9.96. The smallest absolute Gasteiger partial charge is 0.303 e. The van der Waals surface area contributed by atoms with E-state index < -0.39 is 253 Å². The zero-order valence-corrected chi connectivity index (χ0v) is 60.7. The van der Waals surface area contributed by atoms with Crippen LogP contribution in [-0.4, -0.2) is 421 Å². The number of aliphatic carboxylic acids is 1. The van der Waals surface area contributed by atoms with Crippen molar-refractivity contribution in [3.63, 3.8) is 0 Å². The second kappa shape index (κ2) is 50.1. The molecule has 0 aromatic rings. The predicted octanol–water partition coefficient (Wildman–Crippen LogP) is -13.9. The van der Waals surface area contributed by atoms with Gasteiger partial charge in [-0.2, -0.15) is 0 Å². The first-order chi connectivity index (χ1) is 52.4. The van der Waals surface area contributed by atoms with Crippen molar-refractivity contribution in [2.75, 3.05) is 112 Å². The Kier molecular flexibility index (Phi) is 43.3. The molecule has 26 atom stereocenters. The van der Waals surface area contributed by atoms with Crippen molar-refractivity contribution in [1.82, 2.24) is 42.1 Å². The molecule has 0 aliphatic carbocycles. The van der Waals surface area contributed by atoms with E-state index in [0.717, 1.165) is 0 Å². The fourth-order valence-corrected chi connectivity index (χ4v) is 12.1. The predicted molar refractivity (Wildman–Crippen MR) is 363 cm³/mol. The molecule has 5 aliphatic heterocycles. The van der Waals surface area contributed by atoms with E-state index in [0.29, 0.717) is 51.4 Å². The molecule has 5 aliphatic rings. The molecule has 7 amide bonds. The first kappa shape index (κ1) is 95.2. The van der Waals surface area contributed by atoms with Gasteiger partial charge in [-0.3, -0.25) is 43.3 Å². The van der Waals surface area contributed by atoms with Gasteiger partial charge in [0.1, 0.15) is 128 Å². The Labute approximate surface area is 631 Å². The van der Waals surface area contributed by atoms with E-state index in [4.69, 9.17) is 52.5 Å². The maximum atomic E-state index is 13.5. The van der Waals surface area contributed by atoms with Gasteiger partial charge in [0, 0.05) is 65.0 Å². The van der Waals surface area contributed by atoms with Crippen molar-refractivity contribution in [3.8, 4) is 0 Å². The summed E-state index contributed by atoms with van der Waals surface area (Å²) < 4.78 is 54.9. The summed E-state index contributed by atoms with van der Waals surface area (Å²) in [6.07, 6.45) is -39.0. The summed E-state index contributed by atoms with van der Waals surface area (Å²) in [5, 5.41) is 211. The molecule has 45 nitrogen and oxygen atoms in total. The van der Waals surface area contributed by atoms with Gasteiger partial charge in [-0.15, -0.1) is 0 Å². The number of carbonyl (C=O) groups is 8. The second-order valence-corrected chi connectivity index (χ2v) is 27.0. The Morgan fingerprint density at radius 1 is 0.327 bits per heavy atom. The molecule has 26 N–H and O–H groups in total. The number of unbranched alkanes of at least 4 members (excludes halogenated alkanes) is 6. The van der Waals surface area contributed by atoms with Crippen LogP contribution in [0.3, 0.4) is 0 Å². The van der Waals surface area contributed by atoms with Gasteiger partial charge in [-0.1, -0.05) is 19.3 Å². The fourth-order valence-electron chi connectivity index (χ4n) is 12.1. The third-order valence-corrected chi connectivity index (χ3v) is 18.5. The molecule has 0 unspecified atom stereocenters. The van der Waals surface area contributed by atoms with Crippen LogP contribution in [0, 0.1) is 0 Å². The highest BCUT2D eigenvalue weighted by Gasteiger charge is 2.53. The molecule has 0 aromatic carbocycles. The Balaban J connectivity index is 1.04. The van der Waals surface area contributed by atoms with Crippen LogP contribution in [0.5, 0.6) is 0 Å². The number of aliphatic hydroxyl groups is 18. The summed E-state index contributed by atoms with van der Waals surface area (Å²) in [7, 11) is 0. The molecule has 0 radical (unpaired) electrons. The summed E-state index contributed by atoms with van der Waals surface area (Å²) in [5.41, 5.74) is 0. The standard InChI is InChI=1S/C65H114N8O37/c74-27-33-45(86)50(91)54(95)61(105-33)101-21-19-70-39(79)14-13-32(60(100)71-20-23-102-62-55(96)51(92)46(87)34(28-75)106-62)72-40(80)11-5-2-8-16-67-42(82)25-73(26-43(83)68-17-9-3-6-12-44(84)85)24-41(81)66-15-7-1-4-10-38(78)69-18-22-103-64-58(99)59(110-65-57(98)53(94)48(89)36(30-77)108-65)49(90)37(109-64)31-104-63-56(97)52(93)47(88)35(29-76)107-63/h32-37,45-59,61-65,74-77,86-99H,1-31H2,(H,66,81)(H,67,82)(H,68,83)(H,69,78)(H,70,79)(H,71,100)(H,72,80)(H,84,85)/t32-,33+,34+,35+,36+,37+,45+,46+,47+,48+,49+,50-,51-,52-,53-,54-,55-,56-,57-,58-,59-,61-,62-,63-,64-,65+/m0/s1. The van der Waals surface area contributed by atoms with E-state index in [9.17, 15) is 130 Å². The first-order valence-electron chi connectivity index (χ1n) is 36.7. The van der Waals surface area contributed by atoms with Crippen molar-refractivity contribution in [3.05, 3.63) is 0 Å². The van der Waals surface area contributed by atoms with Gasteiger partial charge in [0.2, 0.25) is 41.4 Å². The van der Waals surface area contributed by atoms with E-state index in [1.54, 1.807) is 0 Å². The third-order valence-electron chi connectivity index (χ3n) is 18.5. The van der Waals surface area contributed by atoms with Crippen LogP contribution in [0.15, 0.2) is 0 Å². The van der Waals surface area contributed by atoms with Gasteiger partial charge in [0.05, 0.1) is 72.5 Å². The van der Waals surface area contributed by atoms with E-state index in [-0.39, 0.29) is 104 Å². The third kappa shape index (κ3) is 31.1. The Bertz CT molecular complexity index is 2740. The highest BCUT2D eigenvalue weighted by atomic mass is 16.8. The molecule has 0 bridgehead atoms. The maximum Gasteiger partial charge on any atom is 0.303 e. The lowest BCUT2D eigenvalue weighted by molar-refractivity contribution is -0.366. The van der Waals surface area contributed by atoms with Crippen molar-refractivity contribution in [2.24, 2.45) is 0 Å². The minimum absolute atomic E-state index is 0.0117. The number of carboxylic acids is 1. The molecule has 636 valence electrons. The van der Waals surface area contributed by atoms with Crippen LogP contribution in [0.4, 0.5) is 0 Å². The average molecular weight is 1600 g/mol. The number of nitrogens with zero attached hydrogens (tertiary/aromatic N) is 1. The van der Waals surface area contributed by atoms with E-state index in [1.807, 2.05) is 0 Å². The summed E-state index contributed by atoms with van der Waals surface area (Å²) >= 11 is 0. The van der Waals surface area contributed by atoms with Gasteiger partial charge in [-0.05, 0) is 44.9 Å². The summed E-state index contributed by atoms with van der Waals surface area (Å²) in [6, 6.07) is -1.30. The molecule has 5 heterocycles. The highest BCUT2D eigenvalue weighted by Crippen LogP contribution is 2.32. The van der Waals surface area contributed by atoms with Crippen molar-refractivity contribution in [2.45, 2.75) is 249 Å². The van der Waals surface area contributed by atoms with Crippen LogP contribution in [-0.2, 0) is 85.7 Å². The number of rotatable bonds is 50. The summed E-state index contributed by atoms with van der Waals surface area (Å²) in [6.45, 7) is -5.98. The lowest BCUT2D eigenvalue weighted by Gasteiger charge is -2.46. The SMILES string of the molecule is O=C(O)CCCCCNC(=O)CN(CC(=O)NCCCCCC(=O)NCCO[C@H]1O[C@H](CO[C@H]2O[C@H](CO)[C@@H](O)[C@H](O)[C@@H]2O)[C@@H](O)[C@H](O[C@H]2O[C@H](CO)[C@@H](O)[C@H](O)[C@@H]2O)[C@@H]1O)CC(=O)NCCCCCC(=O)N[C@@H](CCC(=O)NCCO[C@H]1O[C@H](CO)[C@@H](O)[C@H](O)[C@@H]1O)C(=O)NCCO[C@H]1O[C@H](CO)[C@@H](O)[C@H](O)[C@@H]1O. The maximum absolute atomic E-state index is 13.5. The highest BCUT2D eigenvalue weighted by molar-refractivity contribution is 5.88. The number of hydrogen-bond acceptors (Lipinski definition) is 37. The molecular formula is C65H114N8O37. The van der Waals surface area contributed by atoms with Gasteiger partial charge < -0.3 is 182 Å². The number of hydrogen-bond donors (Lipinski definition) is 26. The molecule has 0 spiro atoms. The van der Waals surface area contributed by atoms with E-state index in [1.165, 1.54) is 4.90 Å². The second-order valence-electron chi connectivity index (χ2n) is 27.0. The topological polar surface area (TPSA) is 701 Å². The molecule has 5 saturated heterocycles. The van der Waals surface area contributed by atoms with Gasteiger partial charge >= 0.3 is 5.97 Å². The van der Waals surface area contributed by atoms with Crippen LogP contribution in [0.2, 0.25) is 0 Å². The average Bonchev–Trinajstić information content (AvgIpc) is 0.788. The van der Waals surface area contributed by atoms with Gasteiger partial charge in [-0.25, -0.2) is 0 Å². The molecule has 5 fully saturated rings. The van der Waals surface area contributed by atoms with E-state index in [2.05, 4.69) is 37.2 Å². The van der Waals surface area contributed by atoms with Crippen LogP contribution >= 0.6 is 0 Å². The molecule has 0 saturated carbocycles. The number of amides is 7. The Morgan fingerprint density at radius 3 is 1.07 bits per heavy atom. The molecule has 45 heteroatoms. The number of nitrogens with one attached hydrogen (secondary N) is 7. The minimum atomic E-state index is -1.97. The fraction of sp³-hybridized carbons (Fsp3) is 0.877. The Morgan fingerprint density at radius 2 is 0.664 bits per heavy atom. The molecule has 0 aromatic heterocycles. The first-order valence-corrected chi connectivity index (χ1v) is 36.7. The van der Waals surface area contributed by atoms with Crippen molar-refractivity contribution < 1.29 is 183 Å². The number of ether oxygens (including phenoxy) is 10. The molecule has 110 heavy (non-hydrogen) atoms. The summed E-state index contributed by atoms with van der Waals surface area (Å²) in [4.78, 5) is 104. The van der Waals surface area contributed by atoms with Crippen molar-refractivity contribution >= 4 is 47.3 Å². The van der Waals surface area contributed by atoms with Crippen LogP contribution in [0.1, 0.15) is 89.9 Å². The quantitative estimate of drug-likeness (QED) is 0.0252. The molecule has 5 rings (SSSR count). The monoisotopic (exact) mass is 1600 g/mol. The van der Waals surface area contributed by atoms with Crippen LogP contribution in [0.25, 0.3) is 0 Å². The molecular weight excluding hydrogens is 1480 g/mol. The van der Waals surface area contributed by atoms with Gasteiger partial charge in [0.15, 0.2) is 31.5 Å². The van der Waals surface area contributed by atoms with Crippen molar-refractivity contribution in [1.29, 1.82) is 0 Å². The zero-order valence-electron chi connectivity index (χ0n) is 60.7. The van der Waals surface area contributed by atoms with Crippen LogP contribution < -0.4 is 37.2 Å². The largest absolute Gasteiger partial charge is 0.481 e. The number of aliphatic hydroxyl groups excluding tert-OH is 18. The van der Waals surface area contributed by atoms with E-state index >= 15 is 0 Å².